The molecule has 0 spiro atoms. The Kier molecular flexibility index (Phi) is 4.72. The summed E-state index contributed by atoms with van der Waals surface area (Å²) in [6.07, 6.45) is 0. The molecule has 0 aliphatic rings. The molecule has 0 saturated carbocycles. The Bertz CT molecular complexity index is 324. The average molecular weight is 236 g/mol. The van der Waals surface area contributed by atoms with Crippen LogP contribution in [0.25, 0.3) is 0 Å². The van der Waals surface area contributed by atoms with E-state index in [0.717, 1.165) is 5.56 Å². The normalized spacial score (nSPS) is 15.6. The lowest BCUT2D eigenvalue weighted by Gasteiger charge is -2.40. The molecule has 0 aliphatic heterocycles. The Morgan fingerprint density at radius 3 is 1.82 bits per heavy atom. The van der Waals surface area contributed by atoms with Gasteiger partial charge in [-0.15, -0.1) is 0 Å². The van der Waals surface area contributed by atoms with Gasteiger partial charge in [0.1, 0.15) is 5.60 Å². The third-order valence-electron chi connectivity index (χ3n) is 3.61. The first kappa shape index (κ1) is 14.2. The highest BCUT2D eigenvalue weighted by Gasteiger charge is 2.41. The molecule has 0 aromatic heterocycles. The Hall–Kier alpha value is -0.860. The minimum Gasteiger partial charge on any atom is -0.251 e. The summed E-state index contributed by atoms with van der Waals surface area (Å²) in [5.41, 5.74) is 0.374. The van der Waals surface area contributed by atoms with Crippen LogP contribution in [-0.2, 0) is 10.5 Å². The van der Waals surface area contributed by atoms with E-state index in [1.54, 1.807) is 0 Å². The maximum atomic E-state index is 9.41. The molecule has 0 heterocycles. The maximum Gasteiger partial charge on any atom is 0.129 e. The standard InChI is InChI=1S/C15H24O2/c1-11(2)14(12(3)4)15(5,17-16)13-9-7-6-8-10-13/h6-12,14,16H,1-5H3. The van der Waals surface area contributed by atoms with Crippen LogP contribution in [0.4, 0.5) is 0 Å². The van der Waals surface area contributed by atoms with E-state index in [2.05, 4.69) is 27.7 Å². The van der Waals surface area contributed by atoms with E-state index < -0.39 is 5.60 Å². The van der Waals surface area contributed by atoms with Crippen LogP contribution in [0, 0.1) is 17.8 Å². The summed E-state index contributed by atoms with van der Waals surface area (Å²) in [6, 6.07) is 9.94. The largest absolute Gasteiger partial charge is 0.251 e. The van der Waals surface area contributed by atoms with E-state index in [1.165, 1.54) is 0 Å². The van der Waals surface area contributed by atoms with Crippen molar-refractivity contribution in [3.63, 3.8) is 0 Å². The molecule has 2 heteroatoms. The Balaban J connectivity index is 3.18. The van der Waals surface area contributed by atoms with Crippen molar-refractivity contribution in [1.82, 2.24) is 0 Å². The van der Waals surface area contributed by atoms with Gasteiger partial charge >= 0.3 is 0 Å². The Morgan fingerprint density at radius 1 is 1.00 bits per heavy atom. The highest BCUT2D eigenvalue weighted by atomic mass is 17.1. The highest BCUT2D eigenvalue weighted by molar-refractivity contribution is 5.23. The van der Waals surface area contributed by atoms with Crippen molar-refractivity contribution >= 4 is 0 Å². The van der Waals surface area contributed by atoms with Gasteiger partial charge in [-0.2, -0.15) is 0 Å². The average Bonchev–Trinajstić information content (AvgIpc) is 2.29. The van der Waals surface area contributed by atoms with Crippen molar-refractivity contribution in [3.8, 4) is 0 Å². The number of hydrogen-bond donors (Lipinski definition) is 1. The van der Waals surface area contributed by atoms with Crippen LogP contribution in [0.1, 0.15) is 40.2 Å². The van der Waals surface area contributed by atoms with Crippen LogP contribution in [0.3, 0.4) is 0 Å². The number of benzene rings is 1. The monoisotopic (exact) mass is 236 g/mol. The molecule has 1 unspecified atom stereocenters. The third-order valence-corrected chi connectivity index (χ3v) is 3.61. The summed E-state index contributed by atoms with van der Waals surface area (Å²) < 4.78 is 0. The second-order valence-corrected chi connectivity index (χ2v) is 5.58. The SMILES string of the molecule is CC(C)C(C(C)C)C(C)(OO)c1ccccc1. The molecular weight excluding hydrogens is 212 g/mol. The van der Waals surface area contributed by atoms with Gasteiger partial charge in [0, 0.05) is 0 Å². The van der Waals surface area contributed by atoms with Crippen molar-refractivity contribution in [2.24, 2.45) is 17.8 Å². The van der Waals surface area contributed by atoms with Crippen LogP contribution < -0.4 is 0 Å². The van der Waals surface area contributed by atoms with E-state index in [0.29, 0.717) is 11.8 Å². The van der Waals surface area contributed by atoms with Gasteiger partial charge in [-0.05, 0) is 30.2 Å². The highest BCUT2D eigenvalue weighted by Crippen LogP contribution is 2.41. The van der Waals surface area contributed by atoms with Crippen molar-refractivity contribution in [2.45, 2.75) is 40.2 Å². The molecule has 0 fully saturated rings. The van der Waals surface area contributed by atoms with E-state index in [9.17, 15) is 5.26 Å². The van der Waals surface area contributed by atoms with Crippen LogP contribution in [0.5, 0.6) is 0 Å². The topological polar surface area (TPSA) is 29.5 Å². The Labute approximate surface area is 105 Å². The molecule has 1 rings (SSSR count). The quantitative estimate of drug-likeness (QED) is 0.609. The molecule has 96 valence electrons. The van der Waals surface area contributed by atoms with E-state index >= 15 is 0 Å². The molecule has 2 nitrogen and oxygen atoms in total. The molecule has 0 radical (unpaired) electrons. The molecule has 17 heavy (non-hydrogen) atoms. The zero-order chi connectivity index (χ0) is 13.1. The van der Waals surface area contributed by atoms with Gasteiger partial charge in [0.05, 0.1) is 0 Å². The van der Waals surface area contributed by atoms with Crippen molar-refractivity contribution in [3.05, 3.63) is 35.9 Å². The first-order valence-electron chi connectivity index (χ1n) is 6.31. The predicted octanol–water partition coefficient (Wildman–Crippen LogP) is 4.32. The lowest BCUT2D eigenvalue weighted by molar-refractivity contribution is -0.346. The van der Waals surface area contributed by atoms with Gasteiger partial charge in [0.2, 0.25) is 0 Å². The third kappa shape index (κ3) is 2.88. The van der Waals surface area contributed by atoms with Gasteiger partial charge in [0.15, 0.2) is 0 Å². The molecule has 1 aromatic rings. The zero-order valence-corrected chi connectivity index (χ0v) is 11.5. The summed E-state index contributed by atoms with van der Waals surface area (Å²) in [5.74, 6) is 1.13. The van der Waals surface area contributed by atoms with Crippen molar-refractivity contribution in [2.75, 3.05) is 0 Å². The van der Waals surface area contributed by atoms with E-state index in [4.69, 9.17) is 4.89 Å². The summed E-state index contributed by atoms with van der Waals surface area (Å²) in [5, 5.41) is 9.41. The Morgan fingerprint density at radius 2 is 1.47 bits per heavy atom. The van der Waals surface area contributed by atoms with Gasteiger partial charge < -0.3 is 0 Å². The van der Waals surface area contributed by atoms with Gasteiger partial charge in [-0.3, -0.25) is 5.26 Å². The lowest BCUT2D eigenvalue weighted by Crippen LogP contribution is -2.40. The summed E-state index contributed by atoms with van der Waals surface area (Å²) in [6.45, 7) is 10.7. The van der Waals surface area contributed by atoms with Crippen LogP contribution >= 0.6 is 0 Å². The predicted molar refractivity (Wildman–Crippen MR) is 70.7 cm³/mol. The van der Waals surface area contributed by atoms with Crippen LogP contribution in [0.15, 0.2) is 30.3 Å². The summed E-state index contributed by atoms with van der Waals surface area (Å²) in [4.78, 5) is 4.91. The molecule has 1 aromatic carbocycles. The van der Waals surface area contributed by atoms with E-state index in [1.807, 2.05) is 37.3 Å². The van der Waals surface area contributed by atoms with Gasteiger partial charge in [-0.25, -0.2) is 4.89 Å². The molecule has 0 saturated heterocycles. The fourth-order valence-corrected chi connectivity index (χ4v) is 3.12. The fourth-order valence-electron chi connectivity index (χ4n) is 3.12. The zero-order valence-electron chi connectivity index (χ0n) is 11.5. The first-order valence-corrected chi connectivity index (χ1v) is 6.31. The van der Waals surface area contributed by atoms with Crippen molar-refractivity contribution in [1.29, 1.82) is 0 Å². The first-order chi connectivity index (χ1) is 7.93. The van der Waals surface area contributed by atoms with E-state index in [-0.39, 0.29) is 5.92 Å². The van der Waals surface area contributed by atoms with Gasteiger partial charge in [0.25, 0.3) is 0 Å². The maximum absolute atomic E-state index is 9.41. The van der Waals surface area contributed by atoms with Crippen molar-refractivity contribution < 1.29 is 10.1 Å². The number of rotatable bonds is 5. The molecule has 0 aliphatic carbocycles. The van der Waals surface area contributed by atoms with Crippen LogP contribution in [0.2, 0.25) is 0 Å². The second-order valence-electron chi connectivity index (χ2n) is 5.58. The summed E-state index contributed by atoms with van der Waals surface area (Å²) in [7, 11) is 0. The second kappa shape index (κ2) is 5.65. The minimum atomic E-state index is -0.649. The molecular formula is C15H24O2. The molecule has 0 bridgehead atoms. The molecule has 1 N–H and O–H groups in total. The minimum absolute atomic E-state index is 0.259. The van der Waals surface area contributed by atoms with Gasteiger partial charge in [-0.1, -0.05) is 58.0 Å². The van der Waals surface area contributed by atoms with Crippen LogP contribution in [-0.4, -0.2) is 5.26 Å². The fraction of sp³-hybridized carbons (Fsp3) is 0.600. The number of hydrogen-bond acceptors (Lipinski definition) is 2. The molecule has 1 atom stereocenters. The smallest absolute Gasteiger partial charge is 0.129 e. The lowest BCUT2D eigenvalue weighted by atomic mass is 9.71. The summed E-state index contributed by atoms with van der Waals surface area (Å²) >= 11 is 0. The molecule has 0 amide bonds.